The average molecular weight is 520 g/mol. The zero-order valence-corrected chi connectivity index (χ0v) is 21.6. The molecule has 1 aromatic heterocycles. The summed E-state index contributed by atoms with van der Waals surface area (Å²) in [6, 6.07) is 21.9. The standard InChI is InChI=1S/C27H25N3O4S2/c1-17(25(31)30-27-29-24(16-35-27)18-4-10-21(33-2)11-5-18)36-23-14-8-20(9-15-23)28-26(32)19-6-12-22(34-3)13-7-19/h4-17H,1-3H3,(H,28,32)(H,29,30,31). The number of thioether (sulfide) groups is 1. The molecule has 4 rings (SSSR count). The minimum Gasteiger partial charge on any atom is -0.497 e. The smallest absolute Gasteiger partial charge is 0.255 e. The van der Waals surface area contributed by atoms with Gasteiger partial charge in [0.1, 0.15) is 11.5 Å². The van der Waals surface area contributed by atoms with E-state index in [1.807, 2.05) is 60.8 Å². The van der Waals surface area contributed by atoms with Gasteiger partial charge in [-0.3, -0.25) is 9.59 Å². The molecule has 4 aromatic rings. The van der Waals surface area contributed by atoms with Crippen molar-refractivity contribution < 1.29 is 19.1 Å². The van der Waals surface area contributed by atoms with Gasteiger partial charge < -0.3 is 20.1 Å². The van der Waals surface area contributed by atoms with Crippen molar-refractivity contribution in [2.24, 2.45) is 0 Å². The first-order chi connectivity index (χ1) is 17.4. The second-order valence-corrected chi connectivity index (χ2v) is 10.00. The molecule has 0 spiro atoms. The van der Waals surface area contributed by atoms with Gasteiger partial charge in [0.05, 0.1) is 25.2 Å². The molecule has 0 saturated heterocycles. The predicted molar refractivity (Wildman–Crippen MR) is 145 cm³/mol. The summed E-state index contributed by atoms with van der Waals surface area (Å²) in [5.41, 5.74) is 2.96. The molecule has 184 valence electrons. The molecule has 2 amide bonds. The highest BCUT2D eigenvalue weighted by Gasteiger charge is 2.17. The van der Waals surface area contributed by atoms with Gasteiger partial charge in [-0.15, -0.1) is 23.1 Å². The lowest BCUT2D eigenvalue weighted by atomic mass is 10.2. The van der Waals surface area contributed by atoms with Gasteiger partial charge in [-0.05, 0) is 79.7 Å². The molecule has 1 unspecified atom stereocenters. The molecule has 0 aliphatic rings. The Labute approximate surface area is 217 Å². The Balaban J connectivity index is 1.30. The lowest BCUT2D eigenvalue weighted by Crippen LogP contribution is -2.22. The van der Waals surface area contributed by atoms with E-state index in [1.54, 1.807) is 38.5 Å². The van der Waals surface area contributed by atoms with Gasteiger partial charge in [0.15, 0.2) is 5.13 Å². The van der Waals surface area contributed by atoms with E-state index in [4.69, 9.17) is 9.47 Å². The summed E-state index contributed by atoms with van der Waals surface area (Å²) in [6.45, 7) is 1.84. The topological polar surface area (TPSA) is 89.5 Å². The summed E-state index contributed by atoms with van der Waals surface area (Å²) in [4.78, 5) is 30.6. The maximum atomic E-state index is 12.7. The fourth-order valence-corrected chi connectivity index (χ4v) is 4.84. The van der Waals surface area contributed by atoms with Crippen molar-refractivity contribution in [3.8, 4) is 22.8 Å². The van der Waals surface area contributed by atoms with Crippen LogP contribution in [-0.2, 0) is 4.79 Å². The predicted octanol–water partition coefficient (Wildman–Crippen LogP) is 6.20. The number of rotatable bonds is 9. The number of aromatic nitrogens is 1. The van der Waals surface area contributed by atoms with Crippen molar-refractivity contribution in [1.29, 1.82) is 0 Å². The van der Waals surface area contributed by atoms with Crippen molar-refractivity contribution in [1.82, 2.24) is 4.98 Å². The Hall–Kier alpha value is -3.82. The van der Waals surface area contributed by atoms with E-state index >= 15 is 0 Å². The van der Waals surface area contributed by atoms with Gasteiger partial charge in [-0.2, -0.15) is 0 Å². The molecule has 0 bridgehead atoms. The van der Waals surface area contributed by atoms with Gasteiger partial charge in [0.2, 0.25) is 5.91 Å². The third-order valence-corrected chi connectivity index (χ3v) is 7.14. The van der Waals surface area contributed by atoms with Crippen LogP contribution in [0.3, 0.4) is 0 Å². The molecule has 0 aliphatic heterocycles. The second kappa shape index (κ2) is 11.7. The summed E-state index contributed by atoms with van der Waals surface area (Å²) >= 11 is 2.81. The fraction of sp³-hybridized carbons (Fsp3) is 0.148. The van der Waals surface area contributed by atoms with Gasteiger partial charge in [-0.25, -0.2) is 4.98 Å². The Morgan fingerprint density at radius 1 is 0.861 bits per heavy atom. The molecule has 0 fully saturated rings. The van der Waals surface area contributed by atoms with Crippen molar-refractivity contribution in [3.63, 3.8) is 0 Å². The van der Waals surface area contributed by atoms with Crippen LogP contribution in [0.15, 0.2) is 83.1 Å². The number of anilines is 2. The van der Waals surface area contributed by atoms with Gasteiger partial charge in [0.25, 0.3) is 5.91 Å². The first-order valence-corrected chi connectivity index (χ1v) is 12.8. The summed E-state index contributed by atoms with van der Waals surface area (Å²) < 4.78 is 10.3. The van der Waals surface area contributed by atoms with Crippen LogP contribution < -0.4 is 20.1 Å². The molecule has 0 aliphatic carbocycles. The summed E-state index contributed by atoms with van der Waals surface area (Å²) in [5.74, 6) is 1.13. The number of hydrogen-bond acceptors (Lipinski definition) is 7. The highest BCUT2D eigenvalue weighted by Crippen LogP contribution is 2.29. The number of carbonyl (C=O) groups is 2. The number of ether oxygens (including phenoxy) is 2. The van der Waals surface area contributed by atoms with Gasteiger partial charge in [-0.1, -0.05) is 0 Å². The van der Waals surface area contributed by atoms with Crippen molar-refractivity contribution >= 4 is 45.7 Å². The maximum Gasteiger partial charge on any atom is 0.255 e. The van der Waals surface area contributed by atoms with Crippen LogP contribution in [0.25, 0.3) is 11.3 Å². The van der Waals surface area contributed by atoms with Crippen LogP contribution in [0.4, 0.5) is 10.8 Å². The Morgan fingerprint density at radius 2 is 1.47 bits per heavy atom. The molecule has 1 atom stereocenters. The summed E-state index contributed by atoms with van der Waals surface area (Å²) in [6.07, 6.45) is 0. The summed E-state index contributed by atoms with van der Waals surface area (Å²) in [7, 11) is 3.21. The van der Waals surface area contributed by atoms with Gasteiger partial charge in [0, 0.05) is 27.1 Å². The summed E-state index contributed by atoms with van der Waals surface area (Å²) in [5, 5.41) is 7.89. The zero-order chi connectivity index (χ0) is 25.5. The number of thiazole rings is 1. The Morgan fingerprint density at radius 3 is 2.08 bits per heavy atom. The fourth-order valence-electron chi connectivity index (χ4n) is 3.25. The average Bonchev–Trinajstić information content (AvgIpc) is 3.38. The van der Waals surface area contributed by atoms with Crippen LogP contribution in [0.5, 0.6) is 11.5 Å². The van der Waals surface area contributed by atoms with E-state index in [0.29, 0.717) is 22.1 Å². The monoisotopic (exact) mass is 519 g/mol. The molecule has 7 nitrogen and oxygen atoms in total. The highest BCUT2D eigenvalue weighted by molar-refractivity contribution is 8.00. The second-order valence-electron chi connectivity index (χ2n) is 7.72. The largest absolute Gasteiger partial charge is 0.497 e. The van der Waals surface area contributed by atoms with Gasteiger partial charge >= 0.3 is 0 Å². The van der Waals surface area contributed by atoms with E-state index in [1.165, 1.54) is 23.1 Å². The molecule has 0 radical (unpaired) electrons. The molecular formula is C27H25N3O4S2. The number of methoxy groups -OCH3 is 2. The Bertz CT molecular complexity index is 1320. The van der Waals surface area contributed by atoms with Crippen LogP contribution >= 0.6 is 23.1 Å². The Kier molecular flexibility index (Phi) is 8.24. The first-order valence-electron chi connectivity index (χ1n) is 11.1. The lowest BCUT2D eigenvalue weighted by Gasteiger charge is -2.11. The number of amides is 2. The highest BCUT2D eigenvalue weighted by atomic mass is 32.2. The third kappa shape index (κ3) is 6.44. The number of nitrogens with one attached hydrogen (secondary N) is 2. The van der Waals surface area contributed by atoms with Crippen LogP contribution in [0.1, 0.15) is 17.3 Å². The third-order valence-electron chi connectivity index (χ3n) is 5.27. The minimum absolute atomic E-state index is 0.132. The maximum absolute atomic E-state index is 12.7. The van der Waals surface area contributed by atoms with Crippen LogP contribution in [0.2, 0.25) is 0 Å². The number of benzene rings is 3. The molecule has 9 heteroatoms. The van der Waals surface area contributed by atoms with E-state index < -0.39 is 0 Å². The van der Waals surface area contributed by atoms with E-state index in [0.717, 1.165) is 21.9 Å². The normalized spacial score (nSPS) is 11.4. The lowest BCUT2D eigenvalue weighted by molar-refractivity contribution is -0.115. The molecule has 1 heterocycles. The first kappa shape index (κ1) is 25.3. The van der Waals surface area contributed by atoms with Crippen molar-refractivity contribution in [2.75, 3.05) is 24.9 Å². The van der Waals surface area contributed by atoms with Crippen LogP contribution in [-0.4, -0.2) is 36.3 Å². The van der Waals surface area contributed by atoms with Crippen LogP contribution in [0, 0.1) is 0 Å². The molecule has 36 heavy (non-hydrogen) atoms. The SMILES string of the molecule is COc1ccc(C(=O)Nc2ccc(SC(C)C(=O)Nc3nc(-c4ccc(OC)cc4)cs3)cc2)cc1. The quantitative estimate of drug-likeness (QED) is 0.256. The van der Waals surface area contributed by atoms with Crippen molar-refractivity contribution in [3.05, 3.63) is 83.7 Å². The molecule has 0 saturated carbocycles. The number of carbonyl (C=O) groups excluding carboxylic acids is 2. The minimum atomic E-state index is -0.335. The number of nitrogens with zero attached hydrogens (tertiary/aromatic N) is 1. The molecular weight excluding hydrogens is 494 g/mol. The van der Waals surface area contributed by atoms with E-state index in [2.05, 4.69) is 15.6 Å². The zero-order valence-electron chi connectivity index (χ0n) is 20.0. The van der Waals surface area contributed by atoms with E-state index in [9.17, 15) is 9.59 Å². The van der Waals surface area contributed by atoms with E-state index in [-0.39, 0.29) is 17.1 Å². The number of hydrogen-bond donors (Lipinski definition) is 2. The molecule has 2 N–H and O–H groups in total. The molecule has 3 aromatic carbocycles. The van der Waals surface area contributed by atoms with Crippen molar-refractivity contribution in [2.45, 2.75) is 17.1 Å².